The first kappa shape index (κ1) is 18.0. The normalized spacial score (nSPS) is 15.8. The van der Waals surface area contributed by atoms with Gasteiger partial charge in [0.25, 0.3) is 0 Å². The van der Waals surface area contributed by atoms with Gasteiger partial charge in [-0.25, -0.2) is 0 Å². The first-order valence-electron chi connectivity index (χ1n) is 7.82. The van der Waals surface area contributed by atoms with Gasteiger partial charge < -0.3 is 9.30 Å². The van der Waals surface area contributed by atoms with E-state index >= 15 is 0 Å². The molecular weight excluding hydrogens is 379 g/mol. The zero-order chi connectivity index (χ0) is 17.8. The Morgan fingerprint density at radius 1 is 1.44 bits per heavy atom. The fourth-order valence-corrected chi connectivity index (χ4v) is 3.89. The van der Waals surface area contributed by atoms with Gasteiger partial charge in [-0.2, -0.15) is 15.2 Å². The average molecular weight is 395 g/mol. The third kappa shape index (κ3) is 4.24. The average Bonchev–Trinajstić information content (AvgIpc) is 2.90. The van der Waals surface area contributed by atoms with Crippen LogP contribution >= 0.6 is 34.5 Å². The Morgan fingerprint density at radius 2 is 2.24 bits per heavy atom. The number of hydrogen-bond donors (Lipinski definition) is 0. The summed E-state index contributed by atoms with van der Waals surface area (Å²) in [5.41, 5.74) is 0.566. The van der Waals surface area contributed by atoms with Crippen LogP contribution in [0.25, 0.3) is 0 Å². The lowest BCUT2D eigenvalue weighted by atomic mass is 9.85. The van der Waals surface area contributed by atoms with Crippen LogP contribution in [0.4, 0.5) is 0 Å². The van der Waals surface area contributed by atoms with Crippen LogP contribution in [0.1, 0.15) is 24.8 Å². The van der Waals surface area contributed by atoms with Crippen molar-refractivity contribution in [2.24, 2.45) is 15.9 Å². The second kappa shape index (κ2) is 8.05. The Bertz CT molecular complexity index is 906. The number of benzene rings is 1. The molecule has 2 aromatic rings. The van der Waals surface area contributed by atoms with Gasteiger partial charge in [-0.15, -0.1) is 0 Å². The number of thiazole rings is 1. The molecule has 3 rings (SSSR count). The van der Waals surface area contributed by atoms with E-state index in [2.05, 4.69) is 9.98 Å². The van der Waals surface area contributed by atoms with Crippen molar-refractivity contribution >= 4 is 40.4 Å². The second-order valence-electron chi connectivity index (χ2n) is 5.76. The Balaban J connectivity index is 2.06. The van der Waals surface area contributed by atoms with Crippen LogP contribution in [-0.2, 0) is 6.54 Å². The van der Waals surface area contributed by atoms with Crippen molar-refractivity contribution in [3.8, 4) is 11.9 Å². The molecule has 0 N–H and O–H groups in total. The van der Waals surface area contributed by atoms with Crippen molar-refractivity contribution in [3.63, 3.8) is 0 Å². The predicted octanol–water partition coefficient (Wildman–Crippen LogP) is 4.49. The van der Waals surface area contributed by atoms with Crippen LogP contribution < -0.4 is 9.54 Å². The Morgan fingerprint density at radius 3 is 2.88 bits per heavy atom. The molecule has 1 heterocycles. The number of rotatable bonds is 4. The number of hydrogen-bond acceptors (Lipinski definition) is 4. The lowest BCUT2D eigenvalue weighted by Gasteiger charge is -2.25. The topological polar surface area (TPSA) is 62.7 Å². The zero-order valence-corrected chi connectivity index (χ0v) is 15.9. The van der Waals surface area contributed by atoms with Crippen molar-refractivity contribution in [2.45, 2.75) is 25.8 Å². The molecule has 1 aromatic heterocycles. The number of nitriles is 1. The van der Waals surface area contributed by atoms with E-state index in [1.165, 1.54) is 30.6 Å². The molecule has 0 unspecified atom stereocenters. The third-order valence-electron chi connectivity index (χ3n) is 4.13. The molecule has 1 saturated carbocycles. The van der Waals surface area contributed by atoms with Crippen molar-refractivity contribution < 1.29 is 4.74 Å². The number of aromatic nitrogens is 1. The molecule has 0 aliphatic heterocycles. The summed E-state index contributed by atoms with van der Waals surface area (Å²) < 4.78 is 8.03. The fourth-order valence-electron chi connectivity index (χ4n) is 2.66. The quantitative estimate of drug-likeness (QED) is 0.435. The highest BCUT2D eigenvalue weighted by atomic mass is 35.5. The molecule has 5 nitrogen and oxygen atoms in total. The summed E-state index contributed by atoms with van der Waals surface area (Å²) in [6.07, 6.45) is 7.40. The van der Waals surface area contributed by atoms with Gasteiger partial charge in [0.1, 0.15) is 10.1 Å². The van der Waals surface area contributed by atoms with Crippen LogP contribution in [0, 0.1) is 17.4 Å². The first-order valence-corrected chi connectivity index (χ1v) is 9.39. The van der Waals surface area contributed by atoms with E-state index in [0.29, 0.717) is 31.4 Å². The van der Waals surface area contributed by atoms with Crippen molar-refractivity contribution in [1.29, 1.82) is 5.26 Å². The summed E-state index contributed by atoms with van der Waals surface area (Å²) in [4.78, 5) is 9.16. The minimum atomic E-state index is 0.253. The number of aliphatic imine (C=N–C) groups is 1. The lowest BCUT2D eigenvalue weighted by molar-refractivity contribution is 0.274. The first-order chi connectivity index (χ1) is 12.1. The summed E-state index contributed by atoms with van der Waals surface area (Å²) in [5, 5.41) is 9.59. The lowest BCUT2D eigenvalue weighted by Crippen LogP contribution is -2.24. The van der Waals surface area contributed by atoms with E-state index in [9.17, 15) is 0 Å². The fraction of sp³-hybridized carbons (Fsp3) is 0.353. The van der Waals surface area contributed by atoms with Gasteiger partial charge in [0.2, 0.25) is 6.19 Å². The van der Waals surface area contributed by atoms with Crippen molar-refractivity contribution in [3.05, 3.63) is 44.1 Å². The maximum atomic E-state index is 9.08. The zero-order valence-electron chi connectivity index (χ0n) is 13.6. The molecule has 0 amide bonds. The number of halogens is 2. The number of ether oxygens (including phenoxy) is 1. The smallest absolute Gasteiger partial charge is 0.207 e. The van der Waals surface area contributed by atoms with Gasteiger partial charge in [-0.1, -0.05) is 41.0 Å². The van der Waals surface area contributed by atoms with E-state index in [-0.39, 0.29) is 5.84 Å². The van der Waals surface area contributed by atoms with Gasteiger partial charge in [-0.3, -0.25) is 0 Å². The Labute approximate surface area is 159 Å². The number of methoxy groups -OCH3 is 1. The molecule has 8 heteroatoms. The van der Waals surface area contributed by atoms with E-state index in [1.807, 2.05) is 10.8 Å². The van der Waals surface area contributed by atoms with E-state index in [0.717, 1.165) is 6.54 Å². The van der Waals surface area contributed by atoms with E-state index < -0.39 is 0 Å². The minimum Gasteiger partial charge on any atom is -0.496 e. The van der Waals surface area contributed by atoms with Crippen LogP contribution in [-0.4, -0.2) is 17.5 Å². The molecular formula is C17H16Cl2N4OS. The predicted molar refractivity (Wildman–Crippen MR) is 100 cm³/mol. The van der Waals surface area contributed by atoms with Gasteiger partial charge in [0.05, 0.1) is 12.7 Å². The molecule has 1 fully saturated rings. The molecule has 1 aromatic carbocycles. The molecule has 1 aliphatic carbocycles. The van der Waals surface area contributed by atoms with Crippen LogP contribution in [0.15, 0.2) is 34.4 Å². The van der Waals surface area contributed by atoms with Crippen molar-refractivity contribution in [2.75, 3.05) is 7.11 Å². The van der Waals surface area contributed by atoms with Gasteiger partial charge in [0.15, 0.2) is 10.6 Å². The standard InChI is InChI=1S/C17H16Cl2N4OS/c1-24-14-6-5-12(18)7-13(14)16(21-10-20)22-17-23(9-15(19)25-17)8-11-3-2-4-11/h5-7,9,11H,2-4,8H2,1H3. The van der Waals surface area contributed by atoms with Gasteiger partial charge in [0, 0.05) is 17.8 Å². The third-order valence-corrected chi connectivity index (χ3v) is 5.50. The highest BCUT2D eigenvalue weighted by Gasteiger charge is 2.19. The molecule has 0 radical (unpaired) electrons. The maximum absolute atomic E-state index is 9.08. The summed E-state index contributed by atoms with van der Waals surface area (Å²) >= 11 is 13.6. The molecule has 130 valence electrons. The minimum absolute atomic E-state index is 0.253. The highest BCUT2D eigenvalue weighted by Crippen LogP contribution is 2.28. The van der Waals surface area contributed by atoms with E-state index in [4.69, 9.17) is 33.2 Å². The SMILES string of the molecule is COc1ccc(Cl)cc1C(=NC#N)N=c1sc(Cl)cn1CC1CCC1. The van der Waals surface area contributed by atoms with Crippen LogP contribution in [0.2, 0.25) is 9.36 Å². The largest absolute Gasteiger partial charge is 0.496 e. The summed E-state index contributed by atoms with van der Waals surface area (Å²) in [7, 11) is 1.55. The molecule has 0 spiro atoms. The second-order valence-corrected chi connectivity index (χ2v) is 7.84. The molecule has 1 aliphatic rings. The summed E-state index contributed by atoms with van der Waals surface area (Å²) in [6.45, 7) is 0.870. The summed E-state index contributed by atoms with van der Waals surface area (Å²) in [5.74, 6) is 1.46. The number of amidine groups is 1. The monoisotopic (exact) mass is 394 g/mol. The van der Waals surface area contributed by atoms with Gasteiger partial charge >= 0.3 is 0 Å². The maximum Gasteiger partial charge on any atom is 0.207 e. The highest BCUT2D eigenvalue weighted by molar-refractivity contribution is 7.13. The molecule has 0 atom stereocenters. The Hall–Kier alpha value is -1.81. The van der Waals surface area contributed by atoms with Gasteiger partial charge in [-0.05, 0) is 37.0 Å². The summed E-state index contributed by atoms with van der Waals surface area (Å²) in [6, 6.07) is 5.13. The van der Waals surface area contributed by atoms with E-state index in [1.54, 1.807) is 31.5 Å². The van der Waals surface area contributed by atoms with Crippen LogP contribution in [0.5, 0.6) is 5.75 Å². The Kier molecular flexibility index (Phi) is 5.79. The molecule has 0 saturated heterocycles. The van der Waals surface area contributed by atoms with Crippen molar-refractivity contribution in [1.82, 2.24) is 4.57 Å². The molecule has 25 heavy (non-hydrogen) atoms. The van der Waals surface area contributed by atoms with Crippen LogP contribution in [0.3, 0.4) is 0 Å². The molecule has 0 bridgehead atoms. The number of nitrogens with zero attached hydrogens (tertiary/aromatic N) is 4.